The quantitative estimate of drug-likeness (QED) is 0.489. The second-order valence-corrected chi connectivity index (χ2v) is 21.6. The molecule has 0 N–H and O–H groups in total. The molecule has 0 aliphatic heterocycles. The van der Waals surface area contributed by atoms with Crippen molar-refractivity contribution in [2.75, 3.05) is 0 Å². The van der Waals surface area contributed by atoms with E-state index < -0.39 is 0 Å². The molecule has 0 nitrogen and oxygen atoms in total. The van der Waals surface area contributed by atoms with Gasteiger partial charge in [0.2, 0.25) is 0 Å². The molecule has 0 spiro atoms. The summed E-state index contributed by atoms with van der Waals surface area (Å²) in [5.74, 6) is 1.37. The Balaban J connectivity index is 0.000000251. The van der Waals surface area contributed by atoms with Gasteiger partial charge in [0.1, 0.15) is 0 Å². The number of halogens is 2. The molecule has 0 aromatic heterocycles. The topological polar surface area (TPSA) is 0 Å². The Kier molecular flexibility index (Phi) is 6.40. The fourth-order valence-electron chi connectivity index (χ4n) is 1.31. The second kappa shape index (κ2) is 6.73. The van der Waals surface area contributed by atoms with E-state index in [-0.39, 0.29) is 14.9 Å². The van der Waals surface area contributed by atoms with Gasteiger partial charge in [-0.1, -0.05) is 43.3 Å². The molecule has 1 aliphatic carbocycles. The van der Waals surface area contributed by atoms with Crippen LogP contribution < -0.4 is 0 Å². The minimum atomic E-state index is 0.170. The third-order valence-corrected chi connectivity index (χ3v) is 1.90. The summed E-state index contributed by atoms with van der Waals surface area (Å²) >= 11 is 5.06. The molecular weight excluding hydrogens is 465 g/mol. The molecular formula is C10H9I2Zr. The molecule has 0 saturated carbocycles. The van der Waals surface area contributed by atoms with E-state index in [2.05, 4.69) is 79.4 Å². The second-order valence-electron chi connectivity index (χ2n) is 2.68. The SMILES string of the molecule is C[C]1C=Cc2ccccc21.[I][Zr][I]. The fourth-order valence-corrected chi connectivity index (χ4v) is 1.31. The summed E-state index contributed by atoms with van der Waals surface area (Å²) in [7, 11) is 0. The van der Waals surface area contributed by atoms with E-state index in [0.29, 0.717) is 0 Å². The maximum atomic E-state index is 2.45. The normalized spacial score (nSPS) is 13.2. The van der Waals surface area contributed by atoms with Gasteiger partial charge in [-0.15, -0.1) is 0 Å². The Hall–Kier alpha value is 1.30. The van der Waals surface area contributed by atoms with Crippen molar-refractivity contribution in [2.45, 2.75) is 6.92 Å². The molecule has 3 heteroatoms. The molecule has 1 aliphatic rings. The summed E-state index contributed by atoms with van der Waals surface area (Å²) in [5.41, 5.74) is 2.72. The van der Waals surface area contributed by atoms with Crippen LogP contribution >= 0.6 is 36.1 Å². The van der Waals surface area contributed by atoms with Gasteiger partial charge in [-0.3, -0.25) is 0 Å². The van der Waals surface area contributed by atoms with Crippen LogP contribution in [0.4, 0.5) is 0 Å². The monoisotopic (exact) mass is 473 g/mol. The van der Waals surface area contributed by atoms with Crippen molar-refractivity contribution in [3.8, 4) is 0 Å². The molecule has 1 radical (unpaired) electrons. The molecule has 0 amide bonds. The van der Waals surface area contributed by atoms with Crippen molar-refractivity contribution >= 4 is 42.2 Å². The van der Waals surface area contributed by atoms with Gasteiger partial charge in [-0.25, -0.2) is 0 Å². The van der Waals surface area contributed by atoms with Gasteiger partial charge in [0.15, 0.2) is 0 Å². The summed E-state index contributed by atoms with van der Waals surface area (Å²) in [4.78, 5) is 0. The first kappa shape index (κ1) is 12.4. The predicted molar refractivity (Wildman–Crippen MR) is 71.5 cm³/mol. The van der Waals surface area contributed by atoms with E-state index in [1.807, 2.05) is 0 Å². The van der Waals surface area contributed by atoms with Gasteiger partial charge in [0, 0.05) is 5.92 Å². The van der Waals surface area contributed by atoms with Crippen LogP contribution in [0.3, 0.4) is 0 Å². The molecule has 2 rings (SSSR count). The van der Waals surface area contributed by atoms with Gasteiger partial charge < -0.3 is 0 Å². The molecule has 0 unspecified atom stereocenters. The van der Waals surface area contributed by atoms with Crippen molar-refractivity contribution in [1.82, 2.24) is 0 Å². The Morgan fingerprint density at radius 3 is 2.31 bits per heavy atom. The van der Waals surface area contributed by atoms with E-state index in [1.165, 1.54) is 17.0 Å². The van der Waals surface area contributed by atoms with Crippen molar-refractivity contribution in [1.29, 1.82) is 0 Å². The standard InChI is InChI=1S/C10H9.2HI.Zr/c1-8-6-7-9-4-2-3-5-10(8)9;;;/h2-7H,1H3;2*1H;/q;;;+2/p-2. The number of benzene rings is 1. The molecule has 0 fully saturated rings. The van der Waals surface area contributed by atoms with Crippen LogP contribution in [-0.4, -0.2) is 0 Å². The third-order valence-electron chi connectivity index (χ3n) is 1.90. The van der Waals surface area contributed by atoms with E-state index in [4.69, 9.17) is 0 Å². The summed E-state index contributed by atoms with van der Waals surface area (Å²) < 4.78 is 0. The average molecular weight is 474 g/mol. The minimum absolute atomic E-state index is 0.170. The molecule has 1 aromatic rings. The van der Waals surface area contributed by atoms with Crippen LogP contribution in [0.2, 0.25) is 0 Å². The van der Waals surface area contributed by atoms with Crippen molar-refractivity contribution in [2.24, 2.45) is 0 Å². The fraction of sp³-hybridized carbons (Fsp3) is 0.100. The first-order chi connectivity index (χ1) is 6.29. The number of fused-ring (bicyclic) bond motifs is 1. The molecule has 13 heavy (non-hydrogen) atoms. The van der Waals surface area contributed by atoms with Crippen LogP contribution in [0.1, 0.15) is 18.1 Å². The Morgan fingerprint density at radius 1 is 1.08 bits per heavy atom. The zero-order valence-electron chi connectivity index (χ0n) is 7.22. The maximum absolute atomic E-state index is 2.45. The predicted octanol–water partition coefficient (Wildman–Crippen LogP) is 4.42. The number of hydrogen-bond donors (Lipinski definition) is 0. The first-order valence-electron chi connectivity index (χ1n) is 3.87. The summed E-state index contributed by atoms with van der Waals surface area (Å²) in [6, 6.07) is 8.45. The van der Waals surface area contributed by atoms with E-state index in [1.54, 1.807) is 0 Å². The Morgan fingerprint density at radius 2 is 1.69 bits per heavy atom. The van der Waals surface area contributed by atoms with Gasteiger partial charge in [-0.05, 0) is 11.1 Å². The molecule has 1 aromatic carbocycles. The molecule has 0 bridgehead atoms. The molecule has 67 valence electrons. The Bertz CT molecular complexity index is 297. The molecule has 0 atom stereocenters. The molecule has 0 saturated heterocycles. The summed E-state index contributed by atoms with van der Waals surface area (Å²) in [6.07, 6.45) is 4.31. The zero-order chi connectivity index (χ0) is 9.68. The van der Waals surface area contributed by atoms with Crippen LogP contribution in [0.5, 0.6) is 0 Å². The summed E-state index contributed by atoms with van der Waals surface area (Å²) in [6.45, 7) is 2.14. The summed E-state index contributed by atoms with van der Waals surface area (Å²) in [5, 5.41) is 0. The van der Waals surface area contributed by atoms with Gasteiger partial charge >= 0.3 is 50.9 Å². The van der Waals surface area contributed by atoms with Crippen molar-refractivity contribution in [3.05, 3.63) is 47.4 Å². The van der Waals surface area contributed by atoms with E-state index in [0.717, 1.165) is 0 Å². The van der Waals surface area contributed by atoms with Crippen LogP contribution in [0.25, 0.3) is 6.08 Å². The van der Waals surface area contributed by atoms with Gasteiger partial charge in [-0.2, -0.15) is 0 Å². The van der Waals surface area contributed by atoms with Crippen molar-refractivity contribution < 1.29 is 14.9 Å². The first-order valence-corrected chi connectivity index (χ1v) is 18.5. The van der Waals surface area contributed by atoms with Gasteiger partial charge in [0.25, 0.3) is 0 Å². The number of hydrogen-bond acceptors (Lipinski definition) is 0. The molecule has 0 heterocycles. The van der Waals surface area contributed by atoms with Crippen LogP contribution in [-0.2, 0) is 14.9 Å². The van der Waals surface area contributed by atoms with Crippen molar-refractivity contribution in [3.63, 3.8) is 0 Å². The van der Waals surface area contributed by atoms with E-state index >= 15 is 0 Å². The van der Waals surface area contributed by atoms with Crippen LogP contribution in [0.15, 0.2) is 30.3 Å². The zero-order valence-corrected chi connectivity index (χ0v) is 14.0. The van der Waals surface area contributed by atoms with Crippen LogP contribution in [0, 0.1) is 5.92 Å². The number of allylic oxidation sites excluding steroid dienone is 1. The van der Waals surface area contributed by atoms with E-state index in [9.17, 15) is 0 Å². The number of rotatable bonds is 0. The third kappa shape index (κ3) is 3.75. The average Bonchev–Trinajstić information content (AvgIpc) is 2.50. The van der Waals surface area contributed by atoms with Gasteiger partial charge in [0.05, 0.1) is 0 Å². The Labute approximate surface area is 110 Å².